The number of fused-ring (bicyclic) bond motifs is 1. The fourth-order valence-electron chi connectivity index (χ4n) is 4.65. The maximum absolute atomic E-state index is 11.0. The average Bonchev–Trinajstić information content (AvgIpc) is 3.32. The van der Waals surface area contributed by atoms with Crippen molar-refractivity contribution in [2.24, 2.45) is 23.5 Å². The van der Waals surface area contributed by atoms with E-state index in [1.165, 1.54) is 4.90 Å². The Balaban J connectivity index is 1.27. The number of nitrogens with two attached hydrogens (primary N) is 1. The number of imidazole rings is 1. The van der Waals surface area contributed by atoms with Crippen LogP contribution in [0.5, 0.6) is 0 Å². The second-order valence-electron chi connectivity index (χ2n) is 8.62. The summed E-state index contributed by atoms with van der Waals surface area (Å²) in [4.78, 5) is 16.7. The molecule has 33 heavy (non-hydrogen) atoms. The Morgan fingerprint density at radius 3 is 2.67 bits per heavy atom. The number of hydrogen-bond donors (Lipinski definition) is 3. The van der Waals surface area contributed by atoms with Gasteiger partial charge in [0.1, 0.15) is 17.6 Å². The number of rotatable bonds is 5. The van der Waals surface area contributed by atoms with Crippen molar-refractivity contribution in [2.45, 2.75) is 19.1 Å². The third-order valence-electron chi connectivity index (χ3n) is 6.52. The molecular weight excluding hydrogens is 422 g/mol. The SMILES string of the molecule is C[C@H](O)c1nccn1[C@H](CN)c1cc(-c2ccc(C#C[C@H]3[C@H]4CN(C(=O)O)C[C@@H]34)cc2)on1. The van der Waals surface area contributed by atoms with Crippen LogP contribution in [0.15, 0.2) is 47.2 Å². The molecule has 170 valence electrons. The lowest BCUT2D eigenvalue weighted by molar-refractivity contribution is 0.149. The van der Waals surface area contributed by atoms with Gasteiger partial charge in [-0.3, -0.25) is 0 Å². The summed E-state index contributed by atoms with van der Waals surface area (Å²) in [6.45, 7) is 3.12. The van der Waals surface area contributed by atoms with Crippen molar-refractivity contribution in [2.75, 3.05) is 19.6 Å². The summed E-state index contributed by atoms with van der Waals surface area (Å²) in [5, 5.41) is 23.2. The normalized spacial score (nSPS) is 22.9. The van der Waals surface area contributed by atoms with Crippen LogP contribution in [-0.2, 0) is 0 Å². The highest BCUT2D eigenvalue weighted by molar-refractivity contribution is 5.66. The van der Waals surface area contributed by atoms with Crippen LogP contribution in [0.25, 0.3) is 11.3 Å². The standard InChI is InChI=1S/C24H25N5O4/c1-14(30)23-26-8-9-29(23)21(11-25)20-10-22(33-27-20)16-5-2-15(3-6-16)4-7-17-18-12-28(24(31)32)13-19(17)18/h2-3,5-6,8-10,14,17-19,21,30H,11-13,25H2,1H3,(H,31,32)/t14-,17-,18+,19-,21+/m0/s1. The molecule has 1 amide bonds. The topological polar surface area (TPSA) is 131 Å². The van der Waals surface area contributed by atoms with Gasteiger partial charge in [0.2, 0.25) is 0 Å². The van der Waals surface area contributed by atoms with Gasteiger partial charge in [0.25, 0.3) is 0 Å². The number of aromatic nitrogens is 3. The lowest BCUT2D eigenvalue weighted by Crippen LogP contribution is -2.29. The summed E-state index contributed by atoms with van der Waals surface area (Å²) in [6.07, 6.45) is 1.84. The van der Waals surface area contributed by atoms with E-state index >= 15 is 0 Å². The predicted octanol–water partition coefficient (Wildman–Crippen LogP) is 2.35. The van der Waals surface area contributed by atoms with Gasteiger partial charge in [-0.15, -0.1) is 0 Å². The van der Waals surface area contributed by atoms with E-state index in [4.69, 9.17) is 15.4 Å². The zero-order valence-electron chi connectivity index (χ0n) is 18.1. The van der Waals surface area contributed by atoms with Crippen molar-refractivity contribution in [3.63, 3.8) is 0 Å². The first-order chi connectivity index (χ1) is 16.0. The Morgan fingerprint density at radius 1 is 1.30 bits per heavy atom. The molecule has 1 aromatic carbocycles. The van der Waals surface area contributed by atoms with Gasteiger partial charge in [0.05, 0.1) is 6.04 Å². The zero-order chi connectivity index (χ0) is 23.1. The van der Waals surface area contributed by atoms with Crippen molar-refractivity contribution in [1.29, 1.82) is 0 Å². The average molecular weight is 447 g/mol. The van der Waals surface area contributed by atoms with E-state index in [2.05, 4.69) is 22.0 Å². The molecule has 5 atom stereocenters. The van der Waals surface area contributed by atoms with Gasteiger partial charge in [-0.1, -0.05) is 17.0 Å². The third-order valence-corrected chi connectivity index (χ3v) is 6.52. The van der Waals surface area contributed by atoms with Crippen LogP contribution in [0.4, 0.5) is 4.79 Å². The molecule has 9 nitrogen and oxygen atoms in total. The van der Waals surface area contributed by atoms with Crippen LogP contribution < -0.4 is 5.73 Å². The molecule has 3 heterocycles. The van der Waals surface area contributed by atoms with Gasteiger partial charge >= 0.3 is 6.09 Å². The molecule has 1 aliphatic heterocycles. The van der Waals surface area contributed by atoms with E-state index in [0.717, 1.165) is 11.1 Å². The maximum atomic E-state index is 11.0. The molecule has 1 saturated heterocycles. The summed E-state index contributed by atoms with van der Waals surface area (Å²) < 4.78 is 7.38. The fourth-order valence-corrected chi connectivity index (χ4v) is 4.65. The molecule has 3 aromatic rings. The number of aliphatic hydroxyl groups is 1. The molecule has 2 aliphatic rings. The summed E-state index contributed by atoms with van der Waals surface area (Å²) in [7, 11) is 0. The van der Waals surface area contributed by atoms with E-state index in [1.807, 2.05) is 34.9 Å². The molecule has 0 spiro atoms. The highest BCUT2D eigenvalue weighted by atomic mass is 16.5. The van der Waals surface area contributed by atoms with E-state index in [1.54, 1.807) is 19.3 Å². The minimum absolute atomic E-state index is 0.282. The molecule has 9 heteroatoms. The van der Waals surface area contributed by atoms with Crippen LogP contribution in [-0.4, -0.2) is 55.5 Å². The first-order valence-corrected chi connectivity index (χ1v) is 10.9. The van der Waals surface area contributed by atoms with Crippen LogP contribution >= 0.6 is 0 Å². The second kappa shape index (κ2) is 8.39. The monoisotopic (exact) mass is 447 g/mol. The Hall–Kier alpha value is -3.61. The summed E-state index contributed by atoms with van der Waals surface area (Å²) in [5.74, 6) is 8.70. The number of likely N-dealkylation sites (tertiary alicyclic amines) is 1. The van der Waals surface area contributed by atoms with Crippen LogP contribution in [0, 0.1) is 29.6 Å². The highest BCUT2D eigenvalue weighted by Gasteiger charge is 2.56. The Morgan fingerprint density at radius 2 is 2.03 bits per heavy atom. The number of piperidine rings is 1. The molecule has 0 radical (unpaired) electrons. The van der Waals surface area contributed by atoms with E-state index in [0.29, 0.717) is 48.1 Å². The van der Waals surface area contributed by atoms with Gasteiger partial charge in [-0.25, -0.2) is 9.78 Å². The quantitative estimate of drug-likeness (QED) is 0.512. The Labute approximate surface area is 190 Å². The first-order valence-electron chi connectivity index (χ1n) is 10.9. The molecule has 1 aliphatic carbocycles. The van der Waals surface area contributed by atoms with Crippen molar-refractivity contribution in [3.05, 3.63) is 59.8 Å². The van der Waals surface area contributed by atoms with Crippen molar-refractivity contribution >= 4 is 6.09 Å². The first kappa shape index (κ1) is 21.2. The van der Waals surface area contributed by atoms with Crippen LogP contribution in [0.1, 0.15) is 36.2 Å². The number of aliphatic hydroxyl groups excluding tert-OH is 1. The predicted molar refractivity (Wildman–Crippen MR) is 119 cm³/mol. The number of nitrogens with zero attached hydrogens (tertiary/aromatic N) is 4. The number of carbonyl (C=O) groups is 1. The molecule has 2 aromatic heterocycles. The van der Waals surface area contributed by atoms with Crippen LogP contribution in [0.3, 0.4) is 0 Å². The summed E-state index contributed by atoms with van der Waals surface area (Å²) in [6, 6.07) is 9.30. The summed E-state index contributed by atoms with van der Waals surface area (Å²) in [5.41, 5.74) is 8.43. The minimum Gasteiger partial charge on any atom is -0.465 e. The molecule has 0 unspecified atom stereocenters. The van der Waals surface area contributed by atoms with Gasteiger partial charge < -0.3 is 29.9 Å². The van der Waals surface area contributed by atoms with Gasteiger partial charge in [-0.2, -0.15) is 0 Å². The molecule has 2 fully saturated rings. The smallest absolute Gasteiger partial charge is 0.407 e. The van der Waals surface area contributed by atoms with Gasteiger partial charge in [0, 0.05) is 55.1 Å². The zero-order valence-corrected chi connectivity index (χ0v) is 18.1. The van der Waals surface area contributed by atoms with E-state index in [9.17, 15) is 9.90 Å². The molecule has 1 saturated carbocycles. The van der Waals surface area contributed by atoms with Crippen molar-refractivity contribution in [3.8, 4) is 23.2 Å². The molecule has 4 N–H and O–H groups in total. The lowest BCUT2D eigenvalue weighted by Gasteiger charge is -2.17. The molecule has 5 rings (SSSR count). The second-order valence-corrected chi connectivity index (χ2v) is 8.62. The number of benzene rings is 1. The van der Waals surface area contributed by atoms with E-state index in [-0.39, 0.29) is 12.6 Å². The number of hydrogen-bond acceptors (Lipinski definition) is 6. The molecular formula is C24H25N5O4. The summed E-state index contributed by atoms with van der Waals surface area (Å²) >= 11 is 0. The number of amides is 1. The Kier molecular flexibility index (Phi) is 5.40. The van der Waals surface area contributed by atoms with Crippen molar-refractivity contribution in [1.82, 2.24) is 19.6 Å². The minimum atomic E-state index is -0.841. The third kappa shape index (κ3) is 3.99. The van der Waals surface area contributed by atoms with E-state index < -0.39 is 12.2 Å². The van der Waals surface area contributed by atoms with Crippen LogP contribution in [0.2, 0.25) is 0 Å². The maximum Gasteiger partial charge on any atom is 0.407 e. The lowest BCUT2D eigenvalue weighted by atomic mass is 10.1. The number of carboxylic acid groups (broad SMARTS) is 1. The Bertz CT molecular complexity index is 1210. The van der Waals surface area contributed by atoms with Gasteiger partial charge in [0.15, 0.2) is 5.76 Å². The largest absolute Gasteiger partial charge is 0.465 e. The highest BCUT2D eigenvalue weighted by Crippen LogP contribution is 2.51. The van der Waals surface area contributed by atoms with Crippen molar-refractivity contribution < 1.29 is 19.5 Å². The van der Waals surface area contributed by atoms with Gasteiger partial charge in [-0.05, 0) is 43.0 Å². The fraction of sp³-hybridized carbons (Fsp3) is 0.375. The molecule has 0 bridgehead atoms.